The lowest BCUT2D eigenvalue weighted by Gasteiger charge is -2.15. The molecule has 114 valence electrons. The van der Waals surface area contributed by atoms with Gasteiger partial charge in [0.2, 0.25) is 0 Å². The van der Waals surface area contributed by atoms with Crippen LogP contribution in [-0.4, -0.2) is 18.5 Å². The lowest BCUT2D eigenvalue weighted by molar-refractivity contribution is -0.142. The van der Waals surface area contributed by atoms with Crippen molar-refractivity contribution in [2.45, 2.75) is 39.9 Å². The Bertz CT molecular complexity index is 558. The van der Waals surface area contributed by atoms with Gasteiger partial charge in [0.05, 0.1) is 12.5 Å². The number of ether oxygens (including phenoxy) is 3. The van der Waals surface area contributed by atoms with Crippen molar-refractivity contribution >= 4 is 11.9 Å². The van der Waals surface area contributed by atoms with Gasteiger partial charge in [-0.15, -0.1) is 0 Å². The second-order valence-electron chi connectivity index (χ2n) is 5.71. The number of benzene rings is 1. The predicted molar refractivity (Wildman–Crippen MR) is 75.7 cm³/mol. The number of hydrogen-bond acceptors (Lipinski definition) is 5. The van der Waals surface area contributed by atoms with Gasteiger partial charge in [-0.25, -0.2) is 0 Å². The van der Waals surface area contributed by atoms with Crippen LogP contribution in [0.1, 0.15) is 38.8 Å². The van der Waals surface area contributed by atoms with E-state index >= 15 is 0 Å². The molecular formula is C16H20O5. The van der Waals surface area contributed by atoms with Crippen molar-refractivity contribution in [2.24, 2.45) is 5.92 Å². The van der Waals surface area contributed by atoms with E-state index in [1.807, 2.05) is 19.1 Å². The largest absolute Gasteiger partial charge is 0.461 e. The minimum Gasteiger partial charge on any atom is -0.461 e. The van der Waals surface area contributed by atoms with Crippen LogP contribution in [0.2, 0.25) is 0 Å². The number of carbonyl (C=O) groups excluding carboxylic acids is 2. The Morgan fingerprint density at radius 1 is 1.38 bits per heavy atom. The van der Waals surface area contributed by atoms with Gasteiger partial charge >= 0.3 is 11.9 Å². The van der Waals surface area contributed by atoms with Crippen LogP contribution >= 0.6 is 0 Å². The molecule has 1 atom stereocenters. The highest BCUT2D eigenvalue weighted by atomic mass is 16.6. The quantitative estimate of drug-likeness (QED) is 0.474. The molecule has 1 saturated heterocycles. The summed E-state index contributed by atoms with van der Waals surface area (Å²) in [4.78, 5) is 22.7. The zero-order chi connectivity index (χ0) is 15.6. The maximum atomic E-state index is 11.8. The molecule has 0 aromatic heterocycles. The highest BCUT2D eigenvalue weighted by molar-refractivity contribution is 5.75. The van der Waals surface area contributed by atoms with E-state index in [1.54, 1.807) is 19.9 Å². The predicted octanol–water partition coefficient (Wildman–Crippen LogP) is 2.56. The first-order valence-corrected chi connectivity index (χ1v) is 6.94. The molecule has 0 bridgehead atoms. The van der Waals surface area contributed by atoms with Crippen LogP contribution in [0, 0.1) is 5.92 Å². The van der Waals surface area contributed by atoms with Gasteiger partial charge in [-0.05, 0) is 18.6 Å². The van der Waals surface area contributed by atoms with Gasteiger partial charge in [-0.1, -0.05) is 26.0 Å². The standard InChI is InChI=1S/C16H20O5/c1-10(2)15(18)21-14-7-12(8-19-11(3)17)5-6-13(14)16(4)9-20-16/h5-7,10H,8-9H2,1-4H3/t16-/m1/s1. The topological polar surface area (TPSA) is 65.1 Å². The van der Waals surface area contributed by atoms with E-state index in [0.29, 0.717) is 12.4 Å². The average molecular weight is 292 g/mol. The maximum Gasteiger partial charge on any atom is 0.313 e. The van der Waals surface area contributed by atoms with E-state index in [9.17, 15) is 9.59 Å². The smallest absolute Gasteiger partial charge is 0.313 e. The van der Waals surface area contributed by atoms with Crippen LogP contribution in [0.25, 0.3) is 0 Å². The molecule has 0 saturated carbocycles. The SMILES string of the molecule is CC(=O)OCc1ccc([C@@]2(C)CO2)c(OC(=O)C(C)C)c1. The first-order valence-electron chi connectivity index (χ1n) is 6.94. The van der Waals surface area contributed by atoms with Crippen LogP contribution in [0.5, 0.6) is 5.75 Å². The van der Waals surface area contributed by atoms with Crippen molar-refractivity contribution in [3.05, 3.63) is 29.3 Å². The molecule has 1 aromatic rings. The lowest BCUT2D eigenvalue weighted by atomic mass is 9.99. The second kappa shape index (κ2) is 5.85. The van der Waals surface area contributed by atoms with Crippen LogP contribution in [0.3, 0.4) is 0 Å². The Hall–Kier alpha value is -1.88. The molecule has 1 aromatic carbocycles. The van der Waals surface area contributed by atoms with E-state index in [4.69, 9.17) is 14.2 Å². The Balaban J connectivity index is 2.25. The van der Waals surface area contributed by atoms with Gasteiger partial charge in [0.1, 0.15) is 18.0 Å². The van der Waals surface area contributed by atoms with Gasteiger partial charge in [0, 0.05) is 12.5 Å². The molecule has 1 aliphatic rings. The number of epoxide rings is 1. The van der Waals surface area contributed by atoms with Crippen molar-refractivity contribution in [3.63, 3.8) is 0 Å². The average Bonchev–Trinajstić information content (AvgIpc) is 3.15. The monoisotopic (exact) mass is 292 g/mol. The van der Waals surface area contributed by atoms with E-state index in [-0.39, 0.29) is 24.5 Å². The minimum atomic E-state index is -0.396. The summed E-state index contributed by atoms with van der Waals surface area (Å²) < 4.78 is 15.9. The highest BCUT2D eigenvalue weighted by Gasteiger charge is 2.43. The molecule has 5 heteroatoms. The van der Waals surface area contributed by atoms with Crippen LogP contribution < -0.4 is 4.74 Å². The molecule has 0 spiro atoms. The number of carbonyl (C=O) groups is 2. The second-order valence-corrected chi connectivity index (χ2v) is 5.71. The van der Waals surface area contributed by atoms with Crippen LogP contribution in [0.4, 0.5) is 0 Å². The Kier molecular flexibility index (Phi) is 4.32. The zero-order valence-electron chi connectivity index (χ0n) is 12.8. The number of hydrogen-bond donors (Lipinski definition) is 0. The third-order valence-corrected chi connectivity index (χ3v) is 3.32. The summed E-state index contributed by atoms with van der Waals surface area (Å²) in [5.74, 6) is -0.399. The summed E-state index contributed by atoms with van der Waals surface area (Å²) in [7, 11) is 0. The number of rotatable bonds is 5. The Morgan fingerprint density at radius 3 is 2.57 bits per heavy atom. The van der Waals surface area contributed by atoms with E-state index in [0.717, 1.165) is 11.1 Å². The van der Waals surface area contributed by atoms with E-state index in [1.165, 1.54) is 6.92 Å². The molecule has 1 aliphatic heterocycles. The molecule has 1 heterocycles. The fourth-order valence-corrected chi connectivity index (χ4v) is 1.85. The van der Waals surface area contributed by atoms with Crippen molar-refractivity contribution in [3.8, 4) is 5.75 Å². The molecule has 21 heavy (non-hydrogen) atoms. The van der Waals surface area contributed by atoms with Gasteiger partial charge < -0.3 is 14.2 Å². The fourth-order valence-electron chi connectivity index (χ4n) is 1.85. The first kappa shape index (κ1) is 15.5. The van der Waals surface area contributed by atoms with Crippen LogP contribution in [-0.2, 0) is 31.3 Å². The maximum absolute atomic E-state index is 11.8. The van der Waals surface area contributed by atoms with E-state index in [2.05, 4.69) is 0 Å². The molecule has 1 fully saturated rings. The summed E-state index contributed by atoms with van der Waals surface area (Å²) in [5, 5.41) is 0. The Morgan fingerprint density at radius 2 is 2.05 bits per heavy atom. The normalized spacial score (nSPS) is 20.2. The van der Waals surface area contributed by atoms with E-state index < -0.39 is 5.60 Å². The van der Waals surface area contributed by atoms with Gasteiger partial charge in [0.25, 0.3) is 0 Å². The summed E-state index contributed by atoms with van der Waals surface area (Å²) in [6.45, 7) is 7.61. The van der Waals surface area contributed by atoms with Crippen LogP contribution in [0.15, 0.2) is 18.2 Å². The van der Waals surface area contributed by atoms with Gasteiger partial charge in [-0.3, -0.25) is 9.59 Å². The first-order chi connectivity index (χ1) is 9.82. The molecule has 0 N–H and O–H groups in total. The summed E-state index contributed by atoms with van der Waals surface area (Å²) in [6.07, 6.45) is 0. The summed E-state index contributed by atoms with van der Waals surface area (Å²) >= 11 is 0. The third kappa shape index (κ3) is 3.82. The zero-order valence-corrected chi connectivity index (χ0v) is 12.8. The Labute approximate surface area is 124 Å². The molecule has 0 unspecified atom stereocenters. The molecule has 5 nitrogen and oxygen atoms in total. The highest BCUT2D eigenvalue weighted by Crippen LogP contribution is 2.43. The van der Waals surface area contributed by atoms with Gasteiger partial charge in [-0.2, -0.15) is 0 Å². The number of esters is 2. The molecule has 0 radical (unpaired) electrons. The summed E-state index contributed by atoms with van der Waals surface area (Å²) in [5.41, 5.74) is 1.21. The summed E-state index contributed by atoms with van der Waals surface area (Å²) in [6, 6.07) is 5.43. The molecular weight excluding hydrogens is 272 g/mol. The minimum absolute atomic E-state index is 0.152. The van der Waals surface area contributed by atoms with Crippen molar-refractivity contribution in [2.75, 3.05) is 6.61 Å². The third-order valence-electron chi connectivity index (χ3n) is 3.32. The van der Waals surface area contributed by atoms with Crippen molar-refractivity contribution in [1.29, 1.82) is 0 Å². The lowest BCUT2D eigenvalue weighted by Crippen LogP contribution is -2.17. The molecule has 0 amide bonds. The van der Waals surface area contributed by atoms with Crippen molar-refractivity contribution < 1.29 is 23.8 Å². The van der Waals surface area contributed by atoms with Crippen molar-refractivity contribution in [1.82, 2.24) is 0 Å². The van der Waals surface area contributed by atoms with Gasteiger partial charge in [0.15, 0.2) is 0 Å². The molecule has 2 rings (SSSR count). The molecule has 0 aliphatic carbocycles. The fraction of sp³-hybridized carbons (Fsp3) is 0.500.